The summed E-state index contributed by atoms with van der Waals surface area (Å²) in [6.07, 6.45) is 5.24. The lowest BCUT2D eigenvalue weighted by atomic mass is 10.2. The number of alkyl halides is 2. The first-order chi connectivity index (χ1) is 17.2. The second-order valence-corrected chi connectivity index (χ2v) is 8.20. The van der Waals surface area contributed by atoms with Gasteiger partial charge in [-0.15, -0.1) is 0 Å². The molecule has 0 saturated heterocycles. The van der Waals surface area contributed by atoms with E-state index in [1.54, 1.807) is 35.3 Å². The molecule has 0 radical (unpaired) electrons. The molecule has 0 atom stereocenters. The van der Waals surface area contributed by atoms with Gasteiger partial charge in [0.25, 0.3) is 5.91 Å². The Morgan fingerprint density at radius 2 is 1.78 bits per heavy atom. The molecule has 0 unspecified atom stereocenters. The summed E-state index contributed by atoms with van der Waals surface area (Å²) in [6, 6.07) is 10.8. The predicted molar refractivity (Wildman–Crippen MR) is 132 cm³/mol. The summed E-state index contributed by atoms with van der Waals surface area (Å²) in [5.74, 6) is -3.70. The van der Waals surface area contributed by atoms with E-state index in [4.69, 9.17) is 14.5 Å². The number of fused-ring (bicyclic) bond motifs is 1. The van der Waals surface area contributed by atoms with E-state index in [1.807, 2.05) is 36.3 Å². The Balaban J connectivity index is 1.73. The van der Waals surface area contributed by atoms with E-state index in [-0.39, 0.29) is 13.1 Å². The number of carbonyl (C=O) groups excluding carboxylic acids is 1. The second kappa shape index (κ2) is 10.1. The molecule has 0 saturated carbocycles. The maximum absolute atomic E-state index is 13.4. The molecular formula is C25H26F2N6O3. The summed E-state index contributed by atoms with van der Waals surface area (Å²) in [7, 11) is 4.90. The zero-order valence-corrected chi connectivity index (χ0v) is 20.3. The molecular weight excluding hydrogens is 470 g/mol. The van der Waals surface area contributed by atoms with Gasteiger partial charge in [0.2, 0.25) is 0 Å². The lowest BCUT2D eigenvalue weighted by Crippen LogP contribution is -2.41. The molecule has 2 heterocycles. The SMILES string of the molecule is COc1cc(OC)cc(N(CCNC(=O)C(C)(F)F)c2ccc3ncc(-c4cnn(C)c4)nc3c2)c1. The van der Waals surface area contributed by atoms with Gasteiger partial charge >= 0.3 is 5.92 Å². The van der Waals surface area contributed by atoms with Crippen LogP contribution >= 0.6 is 0 Å². The summed E-state index contributed by atoms with van der Waals surface area (Å²) in [5.41, 5.74) is 4.22. The number of rotatable bonds is 9. The maximum Gasteiger partial charge on any atom is 0.321 e. The quantitative estimate of drug-likeness (QED) is 0.375. The van der Waals surface area contributed by atoms with Gasteiger partial charge in [-0.3, -0.25) is 14.5 Å². The van der Waals surface area contributed by atoms with Crippen LogP contribution in [0.3, 0.4) is 0 Å². The third-order valence-corrected chi connectivity index (χ3v) is 5.51. The van der Waals surface area contributed by atoms with Crippen LogP contribution < -0.4 is 19.7 Å². The largest absolute Gasteiger partial charge is 0.497 e. The molecule has 1 N–H and O–H groups in total. The first kappa shape index (κ1) is 24.8. The molecule has 11 heteroatoms. The molecule has 0 spiro atoms. The van der Waals surface area contributed by atoms with Gasteiger partial charge in [-0.05, 0) is 18.2 Å². The molecule has 1 amide bonds. The summed E-state index contributed by atoms with van der Waals surface area (Å²) in [5, 5.41) is 6.47. The highest BCUT2D eigenvalue weighted by Crippen LogP contribution is 2.34. The highest BCUT2D eigenvalue weighted by molar-refractivity contribution is 5.84. The van der Waals surface area contributed by atoms with Gasteiger partial charge < -0.3 is 19.7 Å². The molecule has 0 aliphatic rings. The first-order valence-electron chi connectivity index (χ1n) is 11.1. The number of anilines is 2. The van der Waals surface area contributed by atoms with Crippen LogP contribution in [-0.4, -0.2) is 58.9 Å². The van der Waals surface area contributed by atoms with Gasteiger partial charge in [0.15, 0.2) is 0 Å². The zero-order valence-electron chi connectivity index (χ0n) is 20.3. The van der Waals surface area contributed by atoms with E-state index in [0.717, 1.165) is 5.56 Å². The van der Waals surface area contributed by atoms with E-state index in [9.17, 15) is 13.6 Å². The minimum absolute atomic E-state index is 0.0266. The number of benzene rings is 2. The molecule has 0 fully saturated rings. The number of carbonyl (C=O) groups is 1. The van der Waals surface area contributed by atoms with Crippen molar-refractivity contribution in [2.45, 2.75) is 12.8 Å². The number of aromatic nitrogens is 4. The average Bonchev–Trinajstić information content (AvgIpc) is 3.31. The Morgan fingerprint density at radius 1 is 1.06 bits per heavy atom. The Morgan fingerprint density at radius 3 is 2.39 bits per heavy atom. The molecule has 36 heavy (non-hydrogen) atoms. The van der Waals surface area contributed by atoms with Crippen molar-refractivity contribution in [3.05, 3.63) is 55.0 Å². The lowest BCUT2D eigenvalue weighted by Gasteiger charge is -2.26. The van der Waals surface area contributed by atoms with Crippen molar-refractivity contribution in [3.63, 3.8) is 0 Å². The van der Waals surface area contributed by atoms with Crippen LogP contribution in [0.2, 0.25) is 0 Å². The van der Waals surface area contributed by atoms with E-state index in [2.05, 4.69) is 15.4 Å². The summed E-state index contributed by atoms with van der Waals surface area (Å²) < 4.78 is 39.2. The molecule has 2 aromatic heterocycles. The third-order valence-electron chi connectivity index (χ3n) is 5.51. The molecule has 188 valence electrons. The van der Waals surface area contributed by atoms with Crippen molar-refractivity contribution in [1.29, 1.82) is 0 Å². The number of ether oxygens (including phenoxy) is 2. The number of nitrogens with one attached hydrogen (secondary N) is 1. The minimum Gasteiger partial charge on any atom is -0.497 e. The van der Waals surface area contributed by atoms with Crippen molar-refractivity contribution in [2.24, 2.45) is 7.05 Å². The standard InChI is InChI=1S/C25H26F2N6O3/c1-25(26,27)24(34)28-7-8-33(18-9-19(35-3)12-20(10-18)36-4)17-5-6-21-22(11-17)31-23(14-29-21)16-13-30-32(2)15-16/h5-6,9-15H,7-8H2,1-4H3,(H,28,34). The van der Waals surface area contributed by atoms with Gasteiger partial charge in [0, 0.05) is 68.4 Å². The first-order valence-corrected chi connectivity index (χ1v) is 11.1. The molecule has 0 aliphatic heterocycles. The number of nitrogens with zero attached hydrogens (tertiary/aromatic N) is 5. The Labute approximate surface area is 206 Å². The predicted octanol–water partition coefficient (Wildman–Crippen LogP) is 3.96. The number of aryl methyl sites for hydroxylation is 1. The number of halogens is 2. The topological polar surface area (TPSA) is 94.4 Å². The van der Waals surface area contributed by atoms with E-state index in [0.29, 0.717) is 46.5 Å². The van der Waals surface area contributed by atoms with Gasteiger partial charge in [-0.1, -0.05) is 0 Å². The van der Waals surface area contributed by atoms with Crippen LogP contribution in [0.5, 0.6) is 11.5 Å². The Bertz CT molecular complexity index is 1360. The Kier molecular flexibility index (Phi) is 7.00. The molecule has 9 nitrogen and oxygen atoms in total. The molecule has 4 rings (SSSR count). The fraction of sp³-hybridized carbons (Fsp3) is 0.280. The summed E-state index contributed by atoms with van der Waals surface area (Å²) in [6.45, 7) is 0.732. The van der Waals surface area contributed by atoms with Gasteiger partial charge in [-0.25, -0.2) is 4.98 Å². The highest BCUT2D eigenvalue weighted by Gasteiger charge is 2.31. The van der Waals surface area contributed by atoms with Crippen LogP contribution in [0.15, 0.2) is 55.0 Å². The average molecular weight is 497 g/mol. The van der Waals surface area contributed by atoms with Crippen molar-refractivity contribution in [2.75, 3.05) is 32.2 Å². The number of amides is 1. The van der Waals surface area contributed by atoms with Crippen molar-refractivity contribution in [1.82, 2.24) is 25.1 Å². The lowest BCUT2D eigenvalue weighted by molar-refractivity contribution is -0.142. The smallest absolute Gasteiger partial charge is 0.321 e. The fourth-order valence-electron chi connectivity index (χ4n) is 3.65. The van der Waals surface area contributed by atoms with E-state index in [1.165, 1.54) is 14.2 Å². The second-order valence-electron chi connectivity index (χ2n) is 8.20. The third kappa shape index (κ3) is 5.51. The molecule has 0 bridgehead atoms. The highest BCUT2D eigenvalue weighted by atomic mass is 19.3. The van der Waals surface area contributed by atoms with E-state index >= 15 is 0 Å². The number of hydrogen-bond acceptors (Lipinski definition) is 7. The van der Waals surface area contributed by atoms with Gasteiger partial charge in [0.1, 0.15) is 11.5 Å². The van der Waals surface area contributed by atoms with Crippen LogP contribution in [0, 0.1) is 0 Å². The monoisotopic (exact) mass is 496 g/mol. The van der Waals surface area contributed by atoms with Crippen molar-refractivity contribution < 1.29 is 23.0 Å². The van der Waals surface area contributed by atoms with Crippen LogP contribution in [0.1, 0.15) is 6.92 Å². The number of hydrogen-bond donors (Lipinski definition) is 1. The fourth-order valence-corrected chi connectivity index (χ4v) is 3.65. The Hall–Kier alpha value is -4.28. The molecule has 0 aliphatic carbocycles. The van der Waals surface area contributed by atoms with Crippen molar-refractivity contribution in [3.8, 4) is 22.8 Å². The summed E-state index contributed by atoms with van der Waals surface area (Å²) >= 11 is 0. The van der Waals surface area contributed by atoms with Crippen LogP contribution in [0.4, 0.5) is 20.2 Å². The van der Waals surface area contributed by atoms with Crippen LogP contribution in [-0.2, 0) is 11.8 Å². The summed E-state index contributed by atoms with van der Waals surface area (Å²) in [4.78, 5) is 22.8. The van der Waals surface area contributed by atoms with Crippen molar-refractivity contribution >= 4 is 28.3 Å². The number of methoxy groups -OCH3 is 2. The normalized spacial score (nSPS) is 11.4. The van der Waals surface area contributed by atoms with Gasteiger partial charge in [-0.2, -0.15) is 13.9 Å². The molecule has 2 aromatic carbocycles. The van der Waals surface area contributed by atoms with Crippen LogP contribution in [0.25, 0.3) is 22.3 Å². The molecule has 4 aromatic rings. The maximum atomic E-state index is 13.4. The zero-order chi connectivity index (χ0) is 25.9. The van der Waals surface area contributed by atoms with Gasteiger partial charge in [0.05, 0.1) is 43.3 Å². The minimum atomic E-state index is -3.47. The van der Waals surface area contributed by atoms with E-state index < -0.39 is 11.8 Å².